The predicted octanol–water partition coefficient (Wildman–Crippen LogP) is 3.48. The van der Waals surface area contributed by atoms with Crippen molar-refractivity contribution in [2.45, 2.75) is 11.3 Å². The zero-order valence-corrected chi connectivity index (χ0v) is 17.9. The van der Waals surface area contributed by atoms with Crippen molar-refractivity contribution in [3.63, 3.8) is 0 Å². The minimum absolute atomic E-state index is 0.126. The minimum atomic E-state index is -0.360. The van der Waals surface area contributed by atoms with Crippen molar-refractivity contribution in [3.8, 4) is 17.2 Å². The number of para-hydroxylation sites is 1. The van der Waals surface area contributed by atoms with E-state index in [-0.39, 0.29) is 17.7 Å². The molecule has 0 bridgehead atoms. The maximum Gasteiger partial charge on any atom is 0.277 e. The van der Waals surface area contributed by atoms with Crippen LogP contribution >= 0.6 is 11.8 Å². The molecule has 0 saturated carbocycles. The topological polar surface area (TPSA) is 95.1 Å². The SMILES string of the molecule is COc1ccccc1-c1nnc(SCC(=O)NC(c2ccccc2)c2nccn2C)o1. The molecule has 0 radical (unpaired) electrons. The average Bonchev–Trinajstić information content (AvgIpc) is 3.45. The van der Waals surface area contributed by atoms with Crippen molar-refractivity contribution < 1.29 is 13.9 Å². The summed E-state index contributed by atoms with van der Waals surface area (Å²) in [6.07, 6.45) is 3.56. The maximum atomic E-state index is 12.7. The Hall–Kier alpha value is -3.59. The number of ether oxygens (including phenoxy) is 1. The van der Waals surface area contributed by atoms with Crippen LogP contribution in [0.3, 0.4) is 0 Å². The highest BCUT2D eigenvalue weighted by atomic mass is 32.2. The molecule has 1 N–H and O–H groups in total. The Kier molecular flexibility index (Phi) is 6.32. The van der Waals surface area contributed by atoms with E-state index in [2.05, 4.69) is 20.5 Å². The van der Waals surface area contributed by atoms with Crippen LogP contribution in [0.2, 0.25) is 0 Å². The number of rotatable bonds is 8. The quantitative estimate of drug-likeness (QED) is 0.423. The van der Waals surface area contributed by atoms with Gasteiger partial charge < -0.3 is 19.0 Å². The Morgan fingerprint density at radius 3 is 2.68 bits per heavy atom. The molecule has 4 rings (SSSR count). The number of nitrogens with zero attached hydrogens (tertiary/aromatic N) is 4. The van der Waals surface area contributed by atoms with Gasteiger partial charge in [-0.1, -0.05) is 54.2 Å². The fourth-order valence-electron chi connectivity index (χ4n) is 3.13. The number of nitrogens with one attached hydrogen (secondary N) is 1. The van der Waals surface area contributed by atoms with E-state index in [1.807, 2.05) is 72.4 Å². The molecule has 9 heteroatoms. The first-order valence-electron chi connectivity index (χ1n) is 9.57. The van der Waals surface area contributed by atoms with E-state index in [0.717, 1.165) is 11.4 Å². The number of hydrogen-bond donors (Lipinski definition) is 1. The smallest absolute Gasteiger partial charge is 0.277 e. The first-order valence-corrected chi connectivity index (χ1v) is 10.6. The third-order valence-electron chi connectivity index (χ3n) is 4.63. The summed E-state index contributed by atoms with van der Waals surface area (Å²) < 4.78 is 12.9. The van der Waals surface area contributed by atoms with Gasteiger partial charge in [-0.15, -0.1) is 10.2 Å². The zero-order valence-electron chi connectivity index (χ0n) is 17.1. The van der Waals surface area contributed by atoms with Gasteiger partial charge in [-0.3, -0.25) is 4.79 Å². The van der Waals surface area contributed by atoms with Gasteiger partial charge in [0.15, 0.2) is 0 Å². The van der Waals surface area contributed by atoms with Crippen LogP contribution in [0.1, 0.15) is 17.4 Å². The number of methoxy groups -OCH3 is 1. The van der Waals surface area contributed by atoms with Gasteiger partial charge in [0.1, 0.15) is 17.6 Å². The Bertz CT molecular complexity index is 1160. The molecule has 2 heterocycles. The van der Waals surface area contributed by atoms with Crippen LogP contribution in [-0.2, 0) is 11.8 Å². The monoisotopic (exact) mass is 435 g/mol. The molecule has 1 atom stereocenters. The van der Waals surface area contributed by atoms with Gasteiger partial charge >= 0.3 is 0 Å². The van der Waals surface area contributed by atoms with Gasteiger partial charge in [-0.25, -0.2) is 4.98 Å². The summed E-state index contributed by atoms with van der Waals surface area (Å²) in [4.78, 5) is 17.1. The molecule has 8 nitrogen and oxygen atoms in total. The second-order valence-electron chi connectivity index (χ2n) is 6.67. The lowest BCUT2D eigenvalue weighted by Gasteiger charge is -2.19. The van der Waals surface area contributed by atoms with Gasteiger partial charge in [-0.2, -0.15) is 0 Å². The number of amides is 1. The number of hydrogen-bond acceptors (Lipinski definition) is 7. The number of benzene rings is 2. The molecule has 0 aliphatic heterocycles. The fraction of sp³-hybridized carbons (Fsp3) is 0.182. The summed E-state index contributed by atoms with van der Waals surface area (Å²) >= 11 is 1.18. The first kappa shape index (κ1) is 20.7. The number of thioether (sulfide) groups is 1. The summed E-state index contributed by atoms with van der Waals surface area (Å²) in [5, 5.41) is 11.5. The molecule has 2 aromatic carbocycles. The molecule has 2 aromatic heterocycles. The van der Waals surface area contributed by atoms with Gasteiger partial charge in [0.25, 0.3) is 11.1 Å². The molecule has 1 amide bonds. The largest absolute Gasteiger partial charge is 0.496 e. The number of imidazole rings is 1. The van der Waals surface area contributed by atoms with E-state index in [4.69, 9.17) is 9.15 Å². The molecule has 0 saturated heterocycles. The van der Waals surface area contributed by atoms with Gasteiger partial charge in [-0.05, 0) is 17.7 Å². The van der Waals surface area contributed by atoms with Crippen LogP contribution in [0.4, 0.5) is 0 Å². The highest BCUT2D eigenvalue weighted by molar-refractivity contribution is 7.99. The number of carbonyl (C=O) groups is 1. The molecule has 0 fully saturated rings. The Morgan fingerprint density at radius 1 is 1.16 bits per heavy atom. The average molecular weight is 436 g/mol. The van der Waals surface area contributed by atoms with E-state index < -0.39 is 0 Å². The molecule has 31 heavy (non-hydrogen) atoms. The lowest BCUT2D eigenvalue weighted by atomic mass is 10.1. The highest BCUT2D eigenvalue weighted by Crippen LogP contribution is 2.30. The van der Waals surface area contributed by atoms with Crippen LogP contribution in [0.25, 0.3) is 11.5 Å². The molecule has 1 unspecified atom stereocenters. The van der Waals surface area contributed by atoms with Crippen LogP contribution in [0.5, 0.6) is 5.75 Å². The summed E-state index contributed by atoms with van der Waals surface area (Å²) in [6, 6.07) is 16.8. The van der Waals surface area contributed by atoms with Crippen LogP contribution in [0, 0.1) is 0 Å². The molecule has 0 aliphatic rings. The fourth-order valence-corrected chi connectivity index (χ4v) is 3.70. The standard InChI is InChI=1S/C22H21N5O3S/c1-27-13-12-23-20(27)19(15-8-4-3-5-9-15)24-18(28)14-31-22-26-25-21(30-22)16-10-6-7-11-17(16)29-2/h3-13,19H,14H2,1-2H3,(H,24,28). The summed E-state index contributed by atoms with van der Waals surface area (Å²) in [5.41, 5.74) is 1.65. The van der Waals surface area contributed by atoms with E-state index in [0.29, 0.717) is 22.4 Å². The van der Waals surface area contributed by atoms with E-state index in [1.54, 1.807) is 13.3 Å². The number of aryl methyl sites for hydroxylation is 1. The Labute approximate surface area is 183 Å². The number of carbonyl (C=O) groups excluding carboxylic acids is 1. The van der Waals surface area contributed by atoms with Crippen molar-refractivity contribution in [1.29, 1.82) is 0 Å². The van der Waals surface area contributed by atoms with Crippen molar-refractivity contribution >= 4 is 17.7 Å². The summed E-state index contributed by atoms with van der Waals surface area (Å²) in [5.74, 6) is 1.69. The van der Waals surface area contributed by atoms with Crippen LogP contribution in [0.15, 0.2) is 76.6 Å². The van der Waals surface area contributed by atoms with E-state index >= 15 is 0 Å². The lowest BCUT2D eigenvalue weighted by molar-refractivity contribution is -0.119. The van der Waals surface area contributed by atoms with Crippen LogP contribution in [-0.4, -0.2) is 38.5 Å². The van der Waals surface area contributed by atoms with Crippen molar-refractivity contribution in [2.75, 3.05) is 12.9 Å². The highest BCUT2D eigenvalue weighted by Gasteiger charge is 2.21. The molecule has 0 aliphatic carbocycles. The molecule has 158 valence electrons. The van der Waals surface area contributed by atoms with E-state index in [1.165, 1.54) is 11.8 Å². The lowest BCUT2D eigenvalue weighted by Crippen LogP contribution is -2.32. The third kappa shape index (κ3) is 4.77. The second kappa shape index (κ2) is 9.48. The van der Waals surface area contributed by atoms with Crippen molar-refractivity contribution in [1.82, 2.24) is 25.1 Å². The van der Waals surface area contributed by atoms with E-state index in [9.17, 15) is 4.79 Å². The van der Waals surface area contributed by atoms with Gasteiger partial charge in [0.05, 0.1) is 18.4 Å². The molecule has 0 spiro atoms. The molecule has 4 aromatic rings. The first-order chi connectivity index (χ1) is 15.2. The summed E-state index contributed by atoms with van der Waals surface area (Å²) in [6.45, 7) is 0. The van der Waals surface area contributed by atoms with Crippen molar-refractivity contribution in [2.24, 2.45) is 7.05 Å². The molecular formula is C22H21N5O3S. The zero-order chi connectivity index (χ0) is 21.6. The third-order valence-corrected chi connectivity index (χ3v) is 5.44. The second-order valence-corrected chi connectivity index (χ2v) is 7.60. The van der Waals surface area contributed by atoms with Crippen molar-refractivity contribution in [3.05, 3.63) is 78.4 Å². The van der Waals surface area contributed by atoms with Crippen LogP contribution < -0.4 is 10.1 Å². The number of aromatic nitrogens is 4. The minimum Gasteiger partial charge on any atom is -0.496 e. The van der Waals surface area contributed by atoms with Gasteiger partial charge in [0, 0.05) is 19.4 Å². The summed E-state index contributed by atoms with van der Waals surface area (Å²) in [7, 11) is 3.48. The molecular weight excluding hydrogens is 414 g/mol. The predicted molar refractivity (Wildman–Crippen MR) is 117 cm³/mol. The maximum absolute atomic E-state index is 12.7. The Balaban J connectivity index is 1.44. The Morgan fingerprint density at radius 2 is 1.94 bits per heavy atom. The van der Waals surface area contributed by atoms with Gasteiger partial charge in [0.2, 0.25) is 5.91 Å². The normalized spacial score (nSPS) is 11.8.